The van der Waals surface area contributed by atoms with Gasteiger partial charge < -0.3 is 14.8 Å². The molecule has 3 nitrogen and oxygen atoms in total. The number of nitrogens with one attached hydrogen (secondary N) is 1. The quantitative estimate of drug-likeness (QED) is 0.744. The minimum Gasteiger partial charge on any atom is -0.375 e. The van der Waals surface area contributed by atoms with E-state index in [-0.39, 0.29) is 18.1 Å². The van der Waals surface area contributed by atoms with Crippen LogP contribution in [-0.4, -0.2) is 43.9 Å². The summed E-state index contributed by atoms with van der Waals surface area (Å²) in [7, 11) is 0. The second-order valence-electron chi connectivity index (χ2n) is 4.81. The Morgan fingerprint density at radius 1 is 1.33 bits per heavy atom. The van der Waals surface area contributed by atoms with Crippen LogP contribution in [0.3, 0.4) is 0 Å². The largest absolute Gasteiger partial charge is 0.375 e. The minimum absolute atomic E-state index is 0.0402. The van der Waals surface area contributed by atoms with Crippen molar-refractivity contribution in [2.45, 2.75) is 30.4 Å². The molecular formula is C10H15F2NO2. The lowest BCUT2D eigenvalue weighted by Crippen LogP contribution is -2.68. The third-order valence-corrected chi connectivity index (χ3v) is 3.69. The Labute approximate surface area is 87.1 Å². The standard InChI is InChI=1S/C10H15F2NO2/c11-10(12)4-7(10)3-8-9(5-14-6-9)15-2-1-13-8/h7-8,13H,1-6H2. The molecule has 2 aliphatic heterocycles. The molecule has 1 saturated carbocycles. The molecule has 0 amide bonds. The van der Waals surface area contributed by atoms with Gasteiger partial charge in [0, 0.05) is 24.9 Å². The molecule has 3 fully saturated rings. The number of morpholine rings is 1. The molecule has 86 valence electrons. The van der Waals surface area contributed by atoms with Gasteiger partial charge in [-0.3, -0.25) is 0 Å². The van der Waals surface area contributed by atoms with Crippen LogP contribution < -0.4 is 5.32 Å². The summed E-state index contributed by atoms with van der Waals surface area (Å²) in [5.41, 5.74) is -0.309. The van der Waals surface area contributed by atoms with Crippen molar-refractivity contribution in [3.05, 3.63) is 0 Å². The highest BCUT2D eigenvalue weighted by atomic mass is 19.3. The smallest absolute Gasteiger partial charge is 0.251 e. The van der Waals surface area contributed by atoms with Crippen molar-refractivity contribution in [1.29, 1.82) is 0 Å². The van der Waals surface area contributed by atoms with Crippen molar-refractivity contribution in [3.63, 3.8) is 0 Å². The SMILES string of the molecule is FC1(F)CC1CC1NCCOC12COC2. The molecule has 0 bridgehead atoms. The van der Waals surface area contributed by atoms with E-state index in [1.165, 1.54) is 0 Å². The van der Waals surface area contributed by atoms with Gasteiger partial charge in [0.1, 0.15) is 5.60 Å². The summed E-state index contributed by atoms with van der Waals surface area (Å²) >= 11 is 0. The first kappa shape index (κ1) is 9.93. The lowest BCUT2D eigenvalue weighted by molar-refractivity contribution is -0.239. The van der Waals surface area contributed by atoms with E-state index in [1.807, 2.05) is 0 Å². The van der Waals surface area contributed by atoms with Crippen molar-refractivity contribution in [1.82, 2.24) is 5.32 Å². The molecule has 1 N–H and O–H groups in total. The van der Waals surface area contributed by atoms with Gasteiger partial charge in [-0.05, 0) is 6.42 Å². The molecule has 0 radical (unpaired) electrons. The van der Waals surface area contributed by atoms with E-state index >= 15 is 0 Å². The van der Waals surface area contributed by atoms with Crippen molar-refractivity contribution < 1.29 is 18.3 Å². The van der Waals surface area contributed by atoms with Crippen LogP contribution in [0.15, 0.2) is 0 Å². The average Bonchev–Trinajstić information content (AvgIpc) is 2.72. The van der Waals surface area contributed by atoms with Gasteiger partial charge in [-0.1, -0.05) is 0 Å². The van der Waals surface area contributed by atoms with E-state index in [9.17, 15) is 8.78 Å². The first-order valence-corrected chi connectivity index (χ1v) is 5.45. The maximum Gasteiger partial charge on any atom is 0.251 e. The topological polar surface area (TPSA) is 30.5 Å². The second kappa shape index (κ2) is 3.12. The fourth-order valence-electron chi connectivity index (χ4n) is 2.47. The zero-order valence-electron chi connectivity index (χ0n) is 8.47. The molecule has 1 spiro atoms. The molecule has 3 rings (SSSR count). The lowest BCUT2D eigenvalue weighted by Gasteiger charge is -2.49. The van der Waals surface area contributed by atoms with Crippen LogP contribution in [0.1, 0.15) is 12.8 Å². The van der Waals surface area contributed by atoms with Gasteiger partial charge in [0.15, 0.2) is 0 Å². The van der Waals surface area contributed by atoms with Crippen molar-refractivity contribution in [2.24, 2.45) is 5.92 Å². The summed E-state index contributed by atoms with van der Waals surface area (Å²) in [6.45, 7) is 2.50. The maximum atomic E-state index is 12.8. The molecule has 2 heterocycles. The number of alkyl halides is 2. The van der Waals surface area contributed by atoms with E-state index in [0.717, 1.165) is 6.54 Å². The monoisotopic (exact) mass is 219 g/mol. The summed E-state index contributed by atoms with van der Waals surface area (Å²) in [6.07, 6.45) is 0.554. The van der Waals surface area contributed by atoms with Gasteiger partial charge in [-0.2, -0.15) is 0 Å². The maximum absolute atomic E-state index is 12.8. The Morgan fingerprint density at radius 3 is 2.60 bits per heavy atom. The highest BCUT2D eigenvalue weighted by Crippen LogP contribution is 2.52. The van der Waals surface area contributed by atoms with Crippen LogP contribution in [0.4, 0.5) is 8.78 Å². The Kier molecular flexibility index (Phi) is 2.06. The molecule has 2 unspecified atom stereocenters. The molecular weight excluding hydrogens is 204 g/mol. The third-order valence-electron chi connectivity index (χ3n) is 3.69. The van der Waals surface area contributed by atoms with E-state index in [2.05, 4.69) is 5.32 Å². The van der Waals surface area contributed by atoms with Crippen LogP contribution >= 0.6 is 0 Å². The first-order valence-electron chi connectivity index (χ1n) is 5.45. The van der Waals surface area contributed by atoms with Crippen molar-refractivity contribution >= 4 is 0 Å². The van der Waals surface area contributed by atoms with Gasteiger partial charge in [-0.15, -0.1) is 0 Å². The fraction of sp³-hybridized carbons (Fsp3) is 1.00. The lowest BCUT2D eigenvalue weighted by atomic mass is 9.87. The highest BCUT2D eigenvalue weighted by molar-refractivity contribution is 5.06. The molecule has 3 aliphatic rings. The minimum atomic E-state index is -2.43. The molecule has 5 heteroatoms. The molecule has 0 aromatic rings. The number of hydrogen-bond acceptors (Lipinski definition) is 3. The number of halogens is 2. The Morgan fingerprint density at radius 2 is 2.07 bits per heavy atom. The van der Waals surface area contributed by atoms with Crippen LogP contribution in [-0.2, 0) is 9.47 Å². The normalized spacial score (nSPS) is 41.2. The third kappa shape index (κ3) is 1.57. The van der Waals surface area contributed by atoms with E-state index in [4.69, 9.17) is 9.47 Å². The summed E-state index contributed by atoms with van der Waals surface area (Å²) in [5, 5.41) is 3.28. The summed E-state index contributed by atoms with van der Waals surface area (Å²) in [6, 6.07) is 0.0402. The Hall–Kier alpha value is -0.260. The number of ether oxygens (including phenoxy) is 2. The predicted molar refractivity (Wildman–Crippen MR) is 49.0 cm³/mol. The highest BCUT2D eigenvalue weighted by Gasteiger charge is 2.60. The summed E-state index contributed by atoms with van der Waals surface area (Å²) in [5.74, 6) is -2.88. The van der Waals surface area contributed by atoms with Crippen molar-refractivity contribution in [2.75, 3.05) is 26.4 Å². The van der Waals surface area contributed by atoms with Crippen LogP contribution in [0.25, 0.3) is 0 Å². The average molecular weight is 219 g/mol. The summed E-state index contributed by atoms with van der Waals surface area (Å²) in [4.78, 5) is 0. The van der Waals surface area contributed by atoms with Crippen LogP contribution in [0.5, 0.6) is 0 Å². The van der Waals surface area contributed by atoms with Gasteiger partial charge in [0.2, 0.25) is 0 Å². The van der Waals surface area contributed by atoms with Crippen LogP contribution in [0, 0.1) is 5.92 Å². The van der Waals surface area contributed by atoms with Gasteiger partial charge in [-0.25, -0.2) is 8.78 Å². The molecule has 2 atom stereocenters. The van der Waals surface area contributed by atoms with Gasteiger partial charge in [0.05, 0.1) is 19.8 Å². The molecule has 15 heavy (non-hydrogen) atoms. The fourth-order valence-corrected chi connectivity index (χ4v) is 2.47. The predicted octanol–water partition coefficient (Wildman–Crippen LogP) is 0.789. The Balaban J connectivity index is 1.63. The number of rotatable bonds is 2. The summed E-state index contributed by atoms with van der Waals surface area (Å²) < 4.78 is 36.5. The zero-order chi connectivity index (χ0) is 10.5. The van der Waals surface area contributed by atoms with Crippen molar-refractivity contribution in [3.8, 4) is 0 Å². The van der Waals surface area contributed by atoms with Crippen LogP contribution in [0.2, 0.25) is 0 Å². The number of hydrogen-bond donors (Lipinski definition) is 1. The molecule has 2 saturated heterocycles. The van der Waals surface area contributed by atoms with Gasteiger partial charge in [0.25, 0.3) is 5.92 Å². The molecule has 1 aliphatic carbocycles. The van der Waals surface area contributed by atoms with Gasteiger partial charge >= 0.3 is 0 Å². The van der Waals surface area contributed by atoms with E-state index < -0.39 is 11.8 Å². The molecule has 0 aromatic heterocycles. The second-order valence-corrected chi connectivity index (χ2v) is 4.81. The van der Waals surface area contributed by atoms with E-state index in [0.29, 0.717) is 26.2 Å². The zero-order valence-corrected chi connectivity index (χ0v) is 8.47. The Bertz CT molecular complexity index is 268. The molecule has 0 aromatic carbocycles. The van der Waals surface area contributed by atoms with E-state index in [1.54, 1.807) is 0 Å². The first-order chi connectivity index (χ1) is 7.12.